The molecule has 2 amide bonds. The number of hydrogen-bond acceptors (Lipinski definition) is 3. The number of amides is 2. The minimum atomic E-state index is -0.878. The summed E-state index contributed by atoms with van der Waals surface area (Å²) < 4.78 is 0. The van der Waals surface area contributed by atoms with Crippen molar-refractivity contribution in [3.63, 3.8) is 0 Å². The predicted octanol–water partition coefficient (Wildman–Crippen LogP) is 0.0745. The summed E-state index contributed by atoms with van der Waals surface area (Å²) >= 11 is 0. The highest BCUT2D eigenvalue weighted by atomic mass is 16.4. The molecule has 1 unspecified atom stereocenters. The highest BCUT2D eigenvalue weighted by Gasteiger charge is 2.32. The van der Waals surface area contributed by atoms with Crippen molar-refractivity contribution in [3.05, 3.63) is 0 Å². The van der Waals surface area contributed by atoms with Crippen molar-refractivity contribution in [3.8, 4) is 0 Å². The molecule has 18 heavy (non-hydrogen) atoms. The van der Waals surface area contributed by atoms with E-state index in [0.29, 0.717) is 19.5 Å². The van der Waals surface area contributed by atoms with Crippen LogP contribution in [0, 0.1) is 0 Å². The zero-order valence-corrected chi connectivity index (χ0v) is 10.3. The predicted molar refractivity (Wildman–Crippen MR) is 62.8 cm³/mol. The molecule has 2 aliphatic rings. The quantitative estimate of drug-likeness (QED) is 0.770. The molecular weight excluding hydrogens is 236 g/mol. The van der Waals surface area contributed by atoms with Crippen molar-refractivity contribution in [1.82, 2.24) is 9.80 Å². The van der Waals surface area contributed by atoms with Crippen molar-refractivity contribution < 1.29 is 19.5 Å². The smallest absolute Gasteiger partial charge is 0.305 e. The Hall–Kier alpha value is -1.59. The monoisotopic (exact) mass is 254 g/mol. The van der Waals surface area contributed by atoms with Gasteiger partial charge in [-0.15, -0.1) is 0 Å². The van der Waals surface area contributed by atoms with Gasteiger partial charge < -0.3 is 14.9 Å². The van der Waals surface area contributed by atoms with E-state index in [2.05, 4.69) is 0 Å². The number of carbonyl (C=O) groups is 3. The van der Waals surface area contributed by atoms with Crippen molar-refractivity contribution in [1.29, 1.82) is 0 Å². The molecule has 2 heterocycles. The van der Waals surface area contributed by atoms with Gasteiger partial charge in [-0.3, -0.25) is 14.4 Å². The summed E-state index contributed by atoms with van der Waals surface area (Å²) in [6.07, 6.45) is 2.92. The summed E-state index contributed by atoms with van der Waals surface area (Å²) in [7, 11) is 0. The molecule has 0 aromatic carbocycles. The molecule has 0 spiro atoms. The Bertz CT molecular complexity index is 369. The van der Waals surface area contributed by atoms with Gasteiger partial charge in [-0.25, -0.2) is 0 Å². The molecular formula is C12H18N2O4. The van der Waals surface area contributed by atoms with Crippen LogP contribution in [0.2, 0.25) is 0 Å². The van der Waals surface area contributed by atoms with Gasteiger partial charge in [0.1, 0.15) is 0 Å². The summed E-state index contributed by atoms with van der Waals surface area (Å²) in [5.74, 6) is -0.969. The SMILES string of the molecule is O=C(O)CC1CCCN1C(=O)CN1CCCC1=O. The zero-order valence-electron chi connectivity index (χ0n) is 10.3. The van der Waals surface area contributed by atoms with Gasteiger partial charge >= 0.3 is 5.97 Å². The number of carboxylic acids is 1. The third-order valence-electron chi connectivity index (χ3n) is 3.61. The molecule has 6 heteroatoms. The van der Waals surface area contributed by atoms with E-state index in [1.807, 2.05) is 0 Å². The Labute approximate surface area is 106 Å². The second-order valence-corrected chi connectivity index (χ2v) is 4.90. The molecule has 2 fully saturated rings. The van der Waals surface area contributed by atoms with Gasteiger partial charge in [0.05, 0.1) is 13.0 Å². The van der Waals surface area contributed by atoms with Crippen molar-refractivity contribution >= 4 is 17.8 Å². The molecule has 1 N–H and O–H groups in total. The molecule has 0 aromatic heterocycles. The fourth-order valence-corrected chi connectivity index (χ4v) is 2.70. The molecule has 2 aliphatic heterocycles. The normalized spacial score (nSPS) is 23.8. The van der Waals surface area contributed by atoms with Crippen molar-refractivity contribution in [2.45, 2.75) is 38.1 Å². The van der Waals surface area contributed by atoms with Crippen LogP contribution < -0.4 is 0 Å². The number of aliphatic carboxylic acids is 1. The van der Waals surface area contributed by atoms with E-state index in [1.54, 1.807) is 9.80 Å². The molecule has 0 aliphatic carbocycles. The van der Waals surface area contributed by atoms with Crippen LogP contribution in [0.1, 0.15) is 32.1 Å². The van der Waals surface area contributed by atoms with Crippen LogP contribution in [-0.2, 0) is 14.4 Å². The third kappa shape index (κ3) is 2.80. The topological polar surface area (TPSA) is 77.9 Å². The first-order valence-electron chi connectivity index (χ1n) is 6.37. The Morgan fingerprint density at radius 1 is 1.28 bits per heavy atom. The van der Waals surface area contributed by atoms with Crippen molar-refractivity contribution in [2.24, 2.45) is 0 Å². The Kier molecular flexibility index (Phi) is 3.84. The highest BCUT2D eigenvalue weighted by Crippen LogP contribution is 2.21. The molecule has 0 aromatic rings. The molecule has 6 nitrogen and oxygen atoms in total. The average molecular weight is 254 g/mol. The summed E-state index contributed by atoms with van der Waals surface area (Å²) in [5.41, 5.74) is 0. The lowest BCUT2D eigenvalue weighted by atomic mass is 10.1. The zero-order chi connectivity index (χ0) is 13.1. The van der Waals surface area contributed by atoms with Crippen LogP contribution in [0.4, 0.5) is 0 Å². The molecule has 2 saturated heterocycles. The lowest BCUT2D eigenvalue weighted by Gasteiger charge is -2.26. The largest absolute Gasteiger partial charge is 0.481 e. The highest BCUT2D eigenvalue weighted by molar-refractivity contribution is 5.86. The maximum Gasteiger partial charge on any atom is 0.305 e. The maximum absolute atomic E-state index is 12.1. The van der Waals surface area contributed by atoms with Crippen LogP contribution in [0.5, 0.6) is 0 Å². The fraction of sp³-hybridized carbons (Fsp3) is 0.750. The van der Waals surface area contributed by atoms with Crippen LogP contribution in [0.3, 0.4) is 0 Å². The second-order valence-electron chi connectivity index (χ2n) is 4.90. The van der Waals surface area contributed by atoms with Gasteiger partial charge in [-0.1, -0.05) is 0 Å². The van der Waals surface area contributed by atoms with Gasteiger partial charge in [0.2, 0.25) is 11.8 Å². The van der Waals surface area contributed by atoms with Gasteiger partial charge in [0.15, 0.2) is 0 Å². The summed E-state index contributed by atoms with van der Waals surface area (Å²) in [6.45, 7) is 1.36. The molecule has 100 valence electrons. The van der Waals surface area contributed by atoms with Gasteiger partial charge in [0.25, 0.3) is 0 Å². The lowest BCUT2D eigenvalue weighted by Crippen LogP contribution is -2.43. The van der Waals surface area contributed by atoms with E-state index in [-0.39, 0.29) is 30.8 Å². The number of nitrogens with zero attached hydrogens (tertiary/aromatic N) is 2. The van der Waals surface area contributed by atoms with Gasteiger partial charge in [-0.05, 0) is 19.3 Å². The van der Waals surface area contributed by atoms with Crippen LogP contribution >= 0.6 is 0 Å². The van der Waals surface area contributed by atoms with Crippen LogP contribution in [0.25, 0.3) is 0 Å². The summed E-state index contributed by atoms with van der Waals surface area (Å²) in [4.78, 5) is 37.4. The number of carboxylic acid groups (broad SMARTS) is 1. The summed E-state index contributed by atoms with van der Waals surface area (Å²) in [5, 5.41) is 8.80. The second kappa shape index (κ2) is 5.37. The average Bonchev–Trinajstić information content (AvgIpc) is 2.88. The number of hydrogen-bond donors (Lipinski definition) is 1. The van der Waals surface area contributed by atoms with Crippen LogP contribution in [0.15, 0.2) is 0 Å². The maximum atomic E-state index is 12.1. The van der Waals surface area contributed by atoms with Crippen molar-refractivity contribution in [2.75, 3.05) is 19.6 Å². The van der Waals surface area contributed by atoms with E-state index < -0.39 is 5.97 Å². The lowest BCUT2D eigenvalue weighted by molar-refractivity contribution is -0.142. The standard InChI is InChI=1S/C12H18N2O4/c15-10-4-2-5-13(10)8-11(16)14-6-1-3-9(14)7-12(17)18/h9H,1-8H2,(H,17,18). The fourth-order valence-electron chi connectivity index (χ4n) is 2.70. The van der Waals surface area contributed by atoms with Crippen LogP contribution in [-0.4, -0.2) is 58.4 Å². The molecule has 0 bridgehead atoms. The number of carbonyl (C=O) groups excluding carboxylic acids is 2. The van der Waals surface area contributed by atoms with E-state index in [4.69, 9.17) is 5.11 Å². The number of likely N-dealkylation sites (tertiary alicyclic amines) is 2. The Morgan fingerprint density at radius 2 is 2.06 bits per heavy atom. The van der Waals surface area contributed by atoms with E-state index in [0.717, 1.165) is 19.3 Å². The van der Waals surface area contributed by atoms with Gasteiger partial charge in [0, 0.05) is 25.6 Å². The first-order valence-corrected chi connectivity index (χ1v) is 6.37. The first kappa shape index (κ1) is 12.9. The minimum Gasteiger partial charge on any atom is -0.481 e. The third-order valence-corrected chi connectivity index (χ3v) is 3.61. The summed E-state index contributed by atoms with van der Waals surface area (Å²) in [6, 6.07) is -0.201. The van der Waals surface area contributed by atoms with E-state index >= 15 is 0 Å². The van der Waals surface area contributed by atoms with E-state index in [9.17, 15) is 14.4 Å². The molecule has 0 saturated carbocycles. The molecule has 2 rings (SSSR count). The first-order chi connectivity index (χ1) is 8.58. The van der Waals surface area contributed by atoms with Gasteiger partial charge in [-0.2, -0.15) is 0 Å². The molecule has 1 atom stereocenters. The molecule has 0 radical (unpaired) electrons. The Morgan fingerprint density at radius 3 is 2.67 bits per heavy atom. The number of rotatable bonds is 4. The minimum absolute atomic E-state index is 0.000311. The Balaban J connectivity index is 1.91. The van der Waals surface area contributed by atoms with E-state index in [1.165, 1.54) is 0 Å².